The van der Waals surface area contributed by atoms with Gasteiger partial charge in [-0.15, -0.1) is 6.58 Å². The molecule has 0 aliphatic carbocycles. The molecule has 2 amide bonds. The van der Waals surface area contributed by atoms with Crippen molar-refractivity contribution in [1.29, 1.82) is 0 Å². The number of hydrogen-bond donors (Lipinski definition) is 4. The largest absolute Gasteiger partial charge is 0.392 e. The summed E-state index contributed by atoms with van der Waals surface area (Å²) in [5, 5.41) is 20.9. The van der Waals surface area contributed by atoms with E-state index in [4.69, 9.17) is 14.7 Å². The Morgan fingerprint density at radius 3 is 2.20 bits per heavy atom. The number of nitrogens with zero attached hydrogens (tertiary/aromatic N) is 1. The number of unbranched alkanes of at least 4 members (excludes halogenated alkanes) is 3. The van der Waals surface area contributed by atoms with Gasteiger partial charge in [0.05, 0.1) is 18.8 Å². The summed E-state index contributed by atoms with van der Waals surface area (Å²) in [7, 11) is 2.04. The number of hydrogen-bond acceptors (Lipinski definition) is 7. The summed E-state index contributed by atoms with van der Waals surface area (Å²) in [5.41, 5.74) is 5.44. The van der Waals surface area contributed by atoms with Gasteiger partial charge in [0.1, 0.15) is 0 Å². The molecule has 9 nitrogen and oxygen atoms in total. The number of nitrogens with one attached hydrogen (secondary N) is 2. The molecule has 1 aliphatic heterocycles. The summed E-state index contributed by atoms with van der Waals surface area (Å²) < 4.78 is 12.8. The molecule has 1 aliphatic rings. The zero-order valence-corrected chi connectivity index (χ0v) is 23.4. The number of carbonyl (C=O) groups excluding carboxylic acids is 2. The molecule has 1 fully saturated rings. The number of likely N-dealkylation sites (N-methyl/N-ethyl adjacent to an activating group) is 1. The maximum Gasteiger partial charge on any atom is 0.243 e. The van der Waals surface area contributed by atoms with E-state index in [1.165, 1.54) is 0 Å². The quantitative estimate of drug-likeness (QED) is 0.106. The van der Waals surface area contributed by atoms with E-state index < -0.39 is 6.29 Å². The summed E-state index contributed by atoms with van der Waals surface area (Å²) in [6.45, 7) is 5.80. The van der Waals surface area contributed by atoms with Crippen molar-refractivity contribution in [2.24, 2.45) is 0 Å². The van der Waals surface area contributed by atoms with Crippen molar-refractivity contribution in [3.63, 3.8) is 0 Å². The summed E-state index contributed by atoms with van der Waals surface area (Å²) in [4.78, 5) is 25.4. The number of carbonyl (C=O) groups is 2. The van der Waals surface area contributed by atoms with Crippen LogP contribution in [0.4, 0.5) is 0 Å². The third-order valence-corrected chi connectivity index (χ3v) is 6.99. The van der Waals surface area contributed by atoms with Gasteiger partial charge in [-0.2, -0.15) is 0 Å². The molecule has 40 heavy (non-hydrogen) atoms. The molecule has 0 spiro atoms. The first kappa shape index (κ1) is 31.4. The molecule has 0 bridgehead atoms. The Bertz CT molecular complexity index is 1060. The van der Waals surface area contributed by atoms with Gasteiger partial charge in [0, 0.05) is 44.5 Å². The van der Waals surface area contributed by atoms with Gasteiger partial charge in [0.2, 0.25) is 11.8 Å². The molecule has 2 aromatic rings. The van der Waals surface area contributed by atoms with Crippen molar-refractivity contribution >= 4 is 11.8 Å². The molecule has 0 radical (unpaired) electrons. The molecule has 1 heterocycles. The Kier molecular flexibility index (Phi) is 13.3. The fraction of sp³-hybridized carbons (Fsp3) is 0.484. The number of benzene rings is 2. The standard InChI is InChI=1S/C31H43N3O6/c1-3-18-34(2)21-27-19-28(25-14-12-24(22-35)13-15-25)40-31(39-27)26-16-10-23(11-17-26)20-32-29(36)8-6-4-5-7-9-30(37)33-38/h3,10-17,27-28,31,35,38H,1,4-9,18-22H2,2H3,(H,32,36)(H,33,37)/t27-,28+,31+/m0/s1. The Morgan fingerprint density at radius 1 is 0.950 bits per heavy atom. The van der Waals surface area contributed by atoms with E-state index in [1.807, 2.05) is 61.7 Å². The summed E-state index contributed by atoms with van der Waals surface area (Å²) in [6, 6.07) is 15.8. The van der Waals surface area contributed by atoms with Gasteiger partial charge in [0.25, 0.3) is 0 Å². The molecule has 1 saturated heterocycles. The van der Waals surface area contributed by atoms with E-state index in [2.05, 4.69) is 16.8 Å². The predicted molar refractivity (Wildman–Crippen MR) is 152 cm³/mol. The van der Waals surface area contributed by atoms with Crippen LogP contribution in [0.25, 0.3) is 0 Å². The SMILES string of the molecule is C=CCN(C)C[C@@H]1C[C@H](c2ccc(CO)cc2)O[C@H](c2ccc(CNC(=O)CCCCCCC(=O)NO)cc2)O1. The number of rotatable bonds is 16. The lowest BCUT2D eigenvalue weighted by atomic mass is 9.99. The van der Waals surface area contributed by atoms with Crippen molar-refractivity contribution in [3.8, 4) is 0 Å². The topological polar surface area (TPSA) is 120 Å². The van der Waals surface area contributed by atoms with Crippen LogP contribution in [-0.4, -0.2) is 53.3 Å². The lowest BCUT2D eigenvalue weighted by Gasteiger charge is -2.37. The molecule has 2 aromatic carbocycles. The molecular formula is C31H43N3O6. The molecule has 0 aromatic heterocycles. The second-order valence-electron chi connectivity index (χ2n) is 10.3. The number of amides is 2. The highest BCUT2D eigenvalue weighted by molar-refractivity contribution is 5.75. The lowest BCUT2D eigenvalue weighted by Crippen LogP contribution is -2.37. The molecule has 3 rings (SSSR count). The van der Waals surface area contributed by atoms with Crippen molar-refractivity contribution in [2.45, 2.75) is 76.6 Å². The van der Waals surface area contributed by atoms with E-state index in [0.717, 1.165) is 61.0 Å². The van der Waals surface area contributed by atoms with Gasteiger partial charge >= 0.3 is 0 Å². The highest BCUT2D eigenvalue weighted by atomic mass is 16.7. The highest BCUT2D eigenvalue weighted by Crippen LogP contribution is 2.38. The van der Waals surface area contributed by atoms with Crippen LogP contribution >= 0.6 is 0 Å². The second kappa shape index (κ2) is 16.9. The van der Waals surface area contributed by atoms with Crippen molar-refractivity contribution in [3.05, 3.63) is 83.4 Å². The zero-order valence-electron chi connectivity index (χ0n) is 23.4. The Balaban J connectivity index is 1.53. The van der Waals surface area contributed by atoms with Gasteiger partial charge in [0.15, 0.2) is 6.29 Å². The smallest absolute Gasteiger partial charge is 0.243 e. The van der Waals surface area contributed by atoms with Gasteiger partial charge in [-0.25, -0.2) is 5.48 Å². The van der Waals surface area contributed by atoms with Crippen LogP contribution in [-0.2, 0) is 32.2 Å². The van der Waals surface area contributed by atoms with Crippen LogP contribution in [0.15, 0.2) is 61.2 Å². The first-order chi connectivity index (χ1) is 19.4. The molecule has 0 unspecified atom stereocenters. The minimum Gasteiger partial charge on any atom is -0.392 e. The molecule has 0 saturated carbocycles. The van der Waals surface area contributed by atoms with E-state index in [9.17, 15) is 14.7 Å². The van der Waals surface area contributed by atoms with Crippen LogP contribution in [0, 0.1) is 0 Å². The molecule has 9 heteroatoms. The minimum absolute atomic E-state index is 0.00216. The third-order valence-electron chi connectivity index (χ3n) is 6.99. The number of hydroxylamine groups is 1. The summed E-state index contributed by atoms with van der Waals surface area (Å²) in [5.74, 6) is -0.382. The van der Waals surface area contributed by atoms with Crippen LogP contribution in [0.1, 0.15) is 79.6 Å². The van der Waals surface area contributed by atoms with E-state index in [0.29, 0.717) is 25.8 Å². The Morgan fingerprint density at radius 2 is 1.57 bits per heavy atom. The normalized spacial score (nSPS) is 18.9. The van der Waals surface area contributed by atoms with E-state index >= 15 is 0 Å². The summed E-state index contributed by atoms with van der Waals surface area (Å²) in [6.07, 6.45) is 5.79. The number of ether oxygens (including phenoxy) is 2. The van der Waals surface area contributed by atoms with E-state index in [1.54, 1.807) is 5.48 Å². The molecule has 218 valence electrons. The predicted octanol–water partition coefficient (Wildman–Crippen LogP) is 4.30. The highest BCUT2D eigenvalue weighted by Gasteiger charge is 2.32. The zero-order chi connectivity index (χ0) is 28.7. The minimum atomic E-state index is -0.523. The average molecular weight is 554 g/mol. The summed E-state index contributed by atoms with van der Waals surface area (Å²) >= 11 is 0. The first-order valence-corrected chi connectivity index (χ1v) is 14.0. The van der Waals surface area contributed by atoms with Gasteiger partial charge < -0.3 is 24.8 Å². The third kappa shape index (κ3) is 10.5. The number of aliphatic hydroxyl groups excluding tert-OH is 1. The van der Waals surface area contributed by atoms with Gasteiger partial charge in [-0.05, 0) is 36.6 Å². The second-order valence-corrected chi connectivity index (χ2v) is 10.3. The van der Waals surface area contributed by atoms with Crippen molar-refractivity contribution in [2.75, 3.05) is 20.1 Å². The monoisotopic (exact) mass is 553 g/mol. The first-order valence-electron chi connectivity index (χ1n) is 14.0. The fourth-order valence-corrected chi connectivity index (χ4v) is 4.74. The average Bonchev–Trinajstić information content (AvgIpc) is 2.98. The maximum absolute atomic E-state index is 12.2. The lowest BCUT2D eigenvalue weighted by molar-refractivity contribution is -0.252. The Hall–Kier alpha value is -3.08. The Labute approximate surface area is 237 Å². The van der Waals surface area contributed by atoms with Crippen LogP contribution in [0.2, 0.25) is 0 Å². The van der Waals surface area contributed by atoms with Crippen LogP contribution < -0.4 is 10.8 Å². The molecule has 4 N–H and O–H groups in total. The fourth-order valence-electron chi connectivity index (χ4n) is 4.74. The van der Waals surface area contributed by atoms with E-state index in [-0.39, 0.29) is 30.6 Å². The molecule has 3 atom stereocenters. The van der Waals surface area contributed by atoms with Gasteiger partial charge in [-0.3, -0.25) is 14.8 Å². The van der Waals surface area contributed by atoms with Crippen LogP contribution in [0.5, 0.6) is 0 Å². The van der Waals surface area contributed by atoms with Crippen molar-refractivity contribution < 1.29 is 29.4 Å². The maximum atomic E-state index is 12.2. The number of aliphatic hydroxyl groups is 1. The van der Waals surface area contributed by atoms with Gasteiger partial charge in [-0.1, -0.05) is 67.4 Å². The van der Waals surface area contributed by atoms with Crippen molar-refractivity contribution in [1.82, 2.24) is 15.7 Å². The van der Waals surface area contributed by atoms with Crippen LogP contribution in [0.3, 0.4) is 0 Å². The molecular weight excluding hydrogens is 510 g/mol.